The highest BCUT2D eigenvalue weighted by Gasteiger charge is 2.30. The molecule has 0 aromatic heterocycles. The Balaban J connectivity index is 1.90. The molecule has 0 saturated carbocycles. The van der Waals surface area contributed by atoms with Gasteiger partial charge in [-0.15, -0.1) is 0 Å². The average Bonchev–Trinajstić information content (AvgIpc) is 2.74. The summed E-state index contributed by atoms with van der Waals surface area (Å²) < 4.78 is 0. The van der Waals surface area contributed by atoms with E-state index >= 15 is 0 Å². The molecule has 0 saturated heterocycles. The standard InChI is InChI=1S/C18H26N2O2/c1-12-8-9-14-11-13(2)18(15(14)10-12)19-16(21)6-5-7-17(22)20(3)4/h8-10,13,18H,5-7,11H2,1-4H3,(H,19,21). The summed E-state index contributed by atoms with van der Waals surface area (Å²) in [5.74, 6) is 0.532. The van der Waals surface area contributed by atoms with E-state index in [0.717, 1.165) is 6.42 Å². The van der Waals surface area contributed by atoms with E-state index in [0.29, 0.717) is 25.2 Å². The number of carbonyl (C=O) groups excluding carboxylic acids is 2. The van der Waals surface area contributed by atoms with Crippen molar-refractivity contribution in [3.8, 4) is 0 Å². The molecule has 0 heterocycles. The smallest absolute Gasteiger partial charge is 0.222 e. The number of fused-ring (bicyclic) bond motifs is 1. The van der Waals surface area contributed by atoms with Gasteiger partial charge in [0.15, 0.2) is 0 Å². The third-order valence-electron chi connectivity index (χ3n) is 4.36. The molecule has 2 atom stereocenters. The summed E-state index contributed by atoms with van der Waals surface area (Å²) in [6.07, 6.45) is 2.45. The van der Waals surface area contributed by atoms with Gasteiger partial charge in [0, 0.05) is 26.9 Å². The van der Waals surface area contributed by atoms with Gasteiger partial charge in [-0.1, -0.05) is 30.7 Å². The zero-order valence-electron chi connectivity index (χ0n) is 14.0. The fourth-order valence-corrected chi connectivity index (χ4v) is 3.05. The Morgan fingerprint density at radius 2 is 2.00 bits per heavy atom. The number of hydrogen-bond acceptors (Lipinski definition) is 2. The van der Waals surface area contributed by atoms with E-state index < -0.39 is 0 Å². The lowest BCUT2D eigenvalue weighted by molar-refractivity contribution is -0.129. The molecule has 1 N–H and O–H groups in total. The summed E-state index contributed by atoms with van der Waals surface area (Å²) in [5, 5.41) is 3.15. The van der Waals surface area contributed by atoms with Gasteiger partial charge in [0.2, 0.25) is 11.8 Å². The van der Waals surface area contributed by atoms with Gasteiger partial charge < -0.3 is 10.2 Å². The van der Waals surface area contributed by atoms with Gasteiger partial charge >= 0.3 is 0 Å². The van der Waals surface area contributed by atoms with Crippen molar-refractivity contribution >= 4 is 11.8 Å². The van der Waals surface area contributed by atoms with E-state index in [1.54, 1.807) is 19.0 Å². The van der Waals surface area contributed by atoms with E-state index in [4.69, 9.17) is 0 Å². The van der Waals surface area contributed by atoms with Crippen LogP contribution >= 0.6 is 0 Å². The van der Waals surface area contributed by atoms with Gasteiger partial charge in [0.05, 0.1) is 6.04 Å². The maximum Gasteiger partial charge on any atom is 0.222 e. The summed E-state index contributed by atoms with van der Waals surface area (Å²) >= 11 is 0. The van der Waals surface area contributed by atoms with Crippen LogP contribution in [-0.2, 0) is 16.0 Å². The van der Waals surface area contributed by atoms with Gasteiger partial charge in [-0.2, -0.15) is 0 Å². The molecule has 2 amide bonds. The lowest BCUT2D eigenvalue weighted by Gasteiger charge is -2.19. The number of amides is 2. The Labute approximate surface area is 132 Å². The summed E-state index contributed by atoms with van der Waals surface area (Å²) in [6.45, 7) is 4.25. The zero-order chi connectivity index (χ0) is 16.3. The first-order chi connectivity index (χ1) is 10.4. The summed E-state index contributed by atoms with van der Waals surface area (Å²) in [4.78, 5) is 25.2. The fraction of sp³-hybridized carbons (Fsp3) is 0.556. The van der Waals surface area contributed by atoms with Crippen LogP contribution in [0.3, 0.4) is 0 Å². The van der Waals surface area contributed by atoms with Crippen LogP contribution in [0, 0.1) is 12.8 Å². The monoisotopic (exact) mass is 302 g/mol. The normalized spacial score (nSPS) is 19.6. The molecule has 2 rings (SSSR count). The van der Waals surface area contributed by atoms with Crippen LogP contribution in [0.1, 0.15) is 48.9 Å². The molecular weight excluding hydrogens is 276 g/mol. The number of rotatable bonds is 5. The second kappa shape index (κ2) is 6.95. The van der Waals surface area contributed by atoms with Crippen LogP contribution in [0.25, 0.3) is 0 Å². The Hall–Kier alpha value is -1.84. The third kappa shape index (κ3) is 3.87. The highest BCUT2D eigenvalue weighted by molar-refractivity contribution is 5.79. The van der Waals surface area contributed by atoms with E-state index in [-0.39, 0.29) is 17.9 Å². The van der Waals surface area contributed by atoms with Crippen molar-refractivity contribution in [1.82, 2.24) is 10.2 Å². The molecule has 1 aliphatic rings. The quantitative estimate of drug-likeness (QED) is 0.909. The first kappa shape index (κ1) is 16.5. The molecule has 1 aromatic rings. The van der Waals surface area contributed by atoms with Crippen molar-refractivity contribution in [2.75, 3.05) is 14.1 Å². The molecule has 0 radical (unpaired) electrons. The largest absolute Gasteiger partial charge is 0.349 e. The number of nitrogens with zero attached hydrogens (tertiary/aromatic N) is 1. The molecule has 0 aliphatic heterocycles. The second-order valence-electron chi connectivity index (χ2n) is 6.57. The number of aryl methyl sites for hydroxylation is 1. The van der Waals surface area contributed by atoms with Crippen molar-refractivity contribution in [2.24, 2.45) is 5.92 Å². The predicted molar refractivity (Wildman–Crippen MR) is 87.5 cm³/mol. The van der Waals surface area contributed by atoms with Gasteiger partial charge in [-0.05, 0) is 36.8 Å². The minimum absolute atomic E-state index is 0.0396. The zero-order valence-corrected chi connectivity index (χ0v) is 14.0. The first-order valence-corrected chi connectivity index (χ1v) is 7.97. The Bertz CT molecular complexity index is 566. The Morgan fingerprint density at radius 1 is 1.27 bits per heavy atom. The van der Waals surface area contributed by atoms with Gasteiger partial charge in [-0.3, -0.25) is 9.59 Å². The van der Waals surface area contributed by atoms with E-state index in [1.165, 1.54) is 16.7 Å². The predicted octanol–water partition coefficient (Wildman–Crippen LogP) is 2.60. The average molecular weight is 302 g/mol. The molecule has 4 heteroatoms. The van der Waals surface area contributed by atoms with Crippen LogP contribution in [-0.4, -0.2) is 30.8 Å². The van der Waals surface area contributed by atoms with Crippen molar-refractivity contribution in [2.45, 2.75) is 45.6 Å². The Kier molecular flexibility index (Phi) is 5.22. The maximum atomic E-state index is 12.2. The SMILES string of the molecule is Cc1ccc2c(c1)C(NC(=O)CCCC(=O)N(C)C)C(C)C2. The van der Waals surface area contributed by atoms with Gasteiger partial charge in [0.25, 0.3) is 0 Å². The topological polar surface area (TPSA) is 49.4 Å². The molecule has 120 valence electrons. The highest BCUT2D eigenvalue weighted by atomic mass is 16.2. The van der Waals surface area contributed by atoms with Crippen molar-refractivity contribution in [3.63, 3.8) is 0 Å². The molecule has 4 nitrogen and oxygen atoms in total. The summed E-state index contributed by atoms with van der Waals surface area (Å²) in [7, 11) is 3.48. The third-order valence-corrected chi connectivity index (χ3v) is 4.36. The van der Waals surface area contributed by atoms with Crippen LogP contribution in [0.15, 0.2) is 18.2 Å². The molecule has 0 fully saturated rings. The van der Waals surface area contributed by atoms with Crippen molar-refractivity contribution < 1.29 is 9.59 Å². The molecule has 1 aliphatic carbocycles. The number of carbonyl (C=O) groups is 2. The highest BCUT2D eigenvalue weighted by Crippen LogP contribution is 2.36. The number of benzene rings is 1. The van der Waals surface area contributed by atoms with Crippen LogP contribution in [0.4, 0.5) is 0 Å². The van der Waals surface area contributed by atoms with Crippen LogP contribution in [0.5, 0.6) is 0 Å². The van der Waals surface area contributed by atoms with Crippen LogP contribution < -0.4 is 5.32 Å². The fourth-order valence-electron chi connectivity index (χ4n) is 3.05. The minimum Gasteiger partial charge on any atom is -0.349 e. The lowest BCUT2D eigenvalue weighted by atomic mass is 10.0. The molecule has 2 unspecified atom stereocenters. The van der Waals surface area contributed by atoms with E-state index in [1.807, 2.05) is 0 Å². The van der Waals surface area contributed by atoms with Crippen molar-refractivity contribution in [1.29, 1.82) is 0 Å². The van der Waals surface area contributed by atoms with Crippen LogP contribution in [0.2, 0.25) is 0 Å². The molecule has 0 bridgehead atoms. The molecular formula is C18H26N2O2. The Morgan fingerprint density at radius 3 is 2.68 bits per heavy atom. The maximum absolute atomic E-state index is 12.2. The summed E-state index contributed by atoms with van der Waals surface area (Å²) in [6, 6.07) is 6.58. The van der Waals surface area contributed by atoms with E-state index in [2.05, 4.69) is 37.4 Å². The molecule has 1 aromatic carbocycles. The number of hydrogen-bond donors (Lipinski definition) is 1. The molecule has 22 heavy (non-hydrogen) atoms. The number of nitrogens with one attached hydrogen (secondary N) is 1. The van der Waals surface area contributed by atoms with Crippen molar-refractivity contribution in [3.05, 3.63) is 34.9 Å². The summed E-state index contributed by atoms with van der Waals surface area (Å²) in [5.41, 5.74) is 3.82. The first-order valence-electron chi connectivity index (χ1n) is 7.97. The lowest BCUT2D eigenvalue weighted by Crippen LogP contribution is -2.30. The van der Waals surface area contributed by atoms with Gasteiger partial charge in [-0.25, -0.2) is 0 Å². The molecule has 0 spiro atoms. The minimum atomic E-state index is 0.0396. The van der Waals surface area contributed by atoms with Gasteiger partial charge in [0.1, 0.15) is 0 Å². The van der Waals surface area contributed by atoms with E-state index in [9.17, 15) is 9.59 Å². The second-order valence-corrected chi connectivity index (χ2v) is 6.57.